The molecule has 6 aromatic carbocycles. The van der Waals surface area contributed by atoms with Crippen molar-refractivity contribution in [3.8, 4) is 0 Å². The van der Waals surface area contributed by atoms with E-state index in [1.54, 1.807) is 0 Å². The number of hydrogen-bond acceptors (Lipinski definition) is 0. The summed E-state index contributed by atoms with van der Waals surface area (Å²) in [6, 6.07) is 53.7. The Labute approximate surface area is 218 Å². The second-order valence-corrected chi connectivity index (χ2v) is 12.3. The van der Waals surface area contributed by atoms with Crippen molar-refractivity contribution in [2.45, 2.75) is 6.16 Å². The summed E-state index contributed by atoms with van der Waals surface area (Å²) in [5.74, 6) is 0. The van der Waals surface area contributed by atoms with Gasteiger partial charge in [0.15, 0.2) is 0 Å². The normalized spacial score (nSPS) is 11.3. The van der Waals surface area contributed by atoms with Gasteiger partial charge in [-0.15, -0.1) is 0 Å². The summed E-state index contributed by atoms with van der Waals surface area (Å²) in [4.78, 5) is 0. The third-order valence-electron chi connectivity index (χ3n) is 6.78. The van der Waals surface area contributed by atoms with E-state index < -0.39 is 7.26 Å². The first kappa shape index (κ1) is 23.5. The Balaban J connectivity index is 0.00000253. The quantitative estimate of drug-likeness (QED) is 0.226. The van der Waals surface area contributed by atoms with Gasteiger partial charge < -0.3 is 17.0 Å². The van der Waals surface area contributed by atoms with Gasteiger partial charge in [-0.25, -0.2) is 0 Å². The van der Waals surface area contributed by atoms with Gasteiger partial charge in [-0.3, -0.25) is 0 Å². The van der Waals surface area contributed by atoms with E-state index in [0.717, 1.165) is 6.16 Å². The molecule has 0 unspecified atom stereocenters. The van der Waals surface area contributed by atoms with E-state index in [1.165, 1.54) is 43.0 Å². The lowest BCUT2D eigenvalue weighted by Crippen LogP contribution is -3.00. The first-order valence-corrected chi connectivity index (χ1v) is 13.8. The predicted octanol–water partition coefficient (Wildman–Crippen LogP) is 4.49. The maximum absolute atomic E-state index is 2.41. The monoisotopic (exact) mass is 532 g/mol. The van der Waals surface area contributed by atoms with Gasteiger partial charge in [0.2, 0.25) is 0 Å². The fraction of sp³-hybridized carbons (Fsp3) is 0.0303. The molecule has 0 saturated heterocycles. The molecule has 0 nitrogen and oxygen atoms in total. The summed E-state index contributed by atoms with van der Waals surface area (Å²) < 4.78 is 0. The molecule has 2 heteroatoms. The van der Waals surface area contributed by atoms with Crippen molar-refractivity contribution in [1.82, 2.24) is 0 Å². The lowest BCUT2D eigenvalue weighted by molar-refractivity contribution is -0.00000644. The van der Waals surface area contributed by atoms with E-state index in [-0.39, 0.29) is 17.0 Å². The smallest absolute Gasteiger partial charge is 0.116 e. The van der Waals surface area contributed by atoms with Crippen LogP contribution >= 0.6 is 7.26 Å². The van der Waals surface area contributed by atoms with Gasteiger partial charge in [0.05, 0.1) is 6.16 Å². The topological polar surface area (TPSA) is 0 Å². The van der Waals surface area contributed by atoms with E-state index in [1.807, 2.05) is 0 Å². The van der Waals surface area contributed by atoms with E-state index in [4.69, 9.17) is 0 Å². The van der Waals surface area contributed by atoms with Crippen LogP contribution < -0.4 is 32.9 Å². The number of hydrogen-bond donors (Lipinski definition) is 0. The molecule has 0 aromatic heterocycles. The summed E-state index contributed by atoms with van der Waals surface area (Å²) in [7, 11) is -1.90. The number of rotatable bonds is 5. The van der Waals surface area contributed by atoms with Gasteiger partial charge in [-0.05, 0) is 81.7 Å². The molecule has 0 atom stereocenters. The van der Waals surface area contributed by atoms with Crippen LogP contribution in [0.25, 0.3) is 21.5 Å². The molecular formula is C33H26BrP. The molecule has 0 amide bonds. The molecule has 0 bridgehead atoms. The van der Waals surface area contributed by atoms with Crippen LogP contribution in [0.5, 0.6) is 0 Å². The van der Waals surface area contributed by atoms with Gasteiger partial charge in [0.1, 0.15) is 23.2 Å². The van der Waals surface area contributed by atoms with Crippen molar-refractivity contribution in [3.63, 3.8) is 0 Å². The van der Waals surface area contributed by atoms with Gasteiger partial charge in [-0.2, -0.15) is 0 Å². The maximum Gasteiger partial charge on any atom is 0.116 e. The van der Waals surface area contributed by atoms with Crippen molar-refractivity contribution in [3.05, 3.63) is 151 Å². The van der Waals surface area contributed by atoms with Crippen LogP contribution in [0.4, 0.5) is 0 Å². The molecule has 0 N–H and O–H groups in total. The van der Waals surface area contributed by atoms with Crippen molar-refractivity contribution in [1.29, 1.82) is 0 Å². The molecule has 170 valence electrons. The van der Waals surface area contributed by atoms with Crippen LogP contribution in [0, 0.1) is 0 Å². The van der Waals surface area contributed by atoms with E-state index in [9.17, 15) is 0 Å². The average molecular weight is 533 g/mol. The van der Waals surface area contributed by atoms with Crippen LogP contribution in [-0.2, 0) is 6.16 Å². The summed E-state index contributed by atoms with van der Waals surface area (Å²) in [5, 5.41) is 9.46. The summed E-state index contributed by atoms with van der Waals surface area (Å²) in [5.41, 5.74) is 1.38. The standard InChI is InChI=1S/C33H26P.BrH/c1-4-14-31(15-5-1)34(32-16-6-2-7-17-32,33-18-8-3-9-19-33)25-26-20-21-29-23-27-12-10-11-13-28(27)24-30(29)22-26;/h1-24H,25H2;1H/q+1;/p-1. The Morgan fingerprint density at radius 1 is 0.371 bits per heavy atom. The Morgan fingerprint density at radius 2 is 0.771 bits per heavy atom. The first-order chi connectivity index (χ1) is 16.8. The highest BCUT2D eigenvalue weighted by Crippen LogP contribution is 2.58. The van der Waals surface area contributed by atoms with E-state index >= 15 is 0 Å². The lowest BCUT2D eigenvalue weighted by Gasteiger charge is -2.28. The largest absolute Gasteiger partial charge is 1.00 e. The molecule has 35 heavy (non-hydrogen) atoms. The summed E-state index contributed by atoms with van der Waals surface area (Å²) in [6.45, 7) is 0. The number of halogens is 1. The Hall–Kier alpha value is -3.25. The molecule has 0 fully saturated rings. The molecule has 0 radical (unpaired) electrons. The van der Waals surface area contributed by atoms with E-state index in [2.05, 4.69) is 146 Å². The zero-order valence-corrected chi connectivity index (χ0v) is 21.9. The van der Waals surface area contributed by atoms with E-state index in [0.29, 0.717) is 0 Å². The summed E-state index contributed by atoms with van der Waals surface area (Å²) in [6.07, 6.45) is 0.994. The highest BCUT2D eigenvalue weighted by molar-refractivity contribution is 7.95. The number of fused-ring (bicyclic) bond motifs is 2. The second kappa shape index (κ2) is 10.2. The minimum absolute atomic E-state index is 0. The molecule has 0 heterocycles. The van der Waals surface area contributed by atoms with Crippen LogP contribution in [-0.4, -0.2) is 0 Å². The van der Waals surface area contributed by atoms with Crippen molar-refractivity contribution < 1.29 is 17.0 Å². The molecule has 0 aliphatic carbocycles. The van der Waals surface area contributed by atoms with Crippen LogP contribution in [0.3, 0.4) is 0 Å². The van der Waals surface area contributed by atoms with Crippen molar-refractivity contribution in [2.75, 3.05) is 0 Å². The zero-order valence-electron chi connectivity index (χ0n) is 19.4. The zero-order chi connectivity index (χ0) is 22.8. The van der Waals surface area contributed by atoms with Crippen LogP contribution in [0.1, 0.15) is 5.56 Å². The second-order valence-electron chi connectivity index (χ2n) is 8.86. The minimum atomic E-state index is -1.90. The molecule has 0 spiro atoms. The third-order valence-corrected chi connectivity index (χ3v) is 11.2. The van der Waals surface area contributed by atoms with Crippen molar-refractivity contribution in [2.24, 2.45) is 0 Å². The summed E-state index contributed by atoms with van der Waals surface area (Å²) >= 11 is 0. The fourth-order valence-corrected chi connectivity index (χ4v) is 9.36. The SMILES string of the molecule is [Br-].c1ccc([P+](Cc2ccc3cc4ccccc4cc3c2)(c2ccccc2)c2ccccc2)cc1. The predicted molar refractivity (Wildman–Crippen MR) is 150 cm³/mol. The van der Waals surface area contributed by atoms with Gasteiger partial charge >= 0.3 is 0 Å². The van der Waals surface area contributed by atoms with Gasteiger partial charge in [0.25, 0.3) is 0 Å². The fourth-order valence-electron chi connectivity index (χ4n) is 5.13. The lowest BCUT2D eigenvalue weighted by atomic mass is 10.0. The van der Waals surface area contributed by atoms with Crippen LogP contribution in [0.15, 0.2) is 146 Å². The Morgan fingerprint density at radius 3 is 1.26 bits per heavy atom. The number of benzene rings is 6. The molecule has 0 saturated carbocycles. The maximum atomic E-state index is 2.41. The molecule has 6 rings (SSSR count). The van der Waals surface area contributed by atoms with Crippen LogP contribution in [0.2, 0.25) is 0 Å². The van der Waals surface area contributed by atoms with Gasteiger partial charge in [0, 0.05) is 0 Å². The van der Waals surface area contributed by atoms with Crippen molar-refractivity contribution >= 4 is 44.7 Å². The molecule has 0 aliphatic rings. The first-order valence-electron chi connectivity index (χ1n) is 11.8. The molecule has 6 aromatic rings. The molecular weight excluding hydrogens is 507 g/mol. The highest BCUT2D eigenvalue weighted by atomic mass is 79.9. The van der Waals surface area contributed by atoms with Gasteiger partial charge in [-0.1, -0.05) is 91.0 Å². The Bertz CT molecular complexity index is 1460. The minimum Gasteiger partial charge on any atom is -1.00 e. The third kappa shape index (κ3) is 4.43. The highest BCUT2D eigenvalue weighted by Gasteiger charge is 2.45. The molecule has 0 aliphatic heterocycles. The average Bonchev–Trinajstić information content (AvgIpc) is 2.92. The Kier molecular flexibility index (Phi) is 6.82.